The topological polar surface area (TPSA) is 65.1 Å². The van der Waals surface area contributed by atoms with Gasteiger partial charge in [0, 0.05) is 29.6 Å². The Morgan fingerprint density at radius 1 is 1.42 bits per heavy atom. The van der Waals surface area contributed by atoms with Crippen LogP contribution in [-0.4, -0.2) is 22.6 Å². The Hall–Kier alpha value is -1.81. The molecule has 19 heavy (non-hydrogen) atoms. The summed E-state index contributed by atoms with van der Waals surface area (Å²) in [5.41, 5.74) is 3.35. The molecule has 0 saturated heterocycles. The van der Waals surface area contributed by atoms with Crippen LogP contribution in [0.3, 0.4) is 0 Å². The monoisotopic (exact) mass is 258 g/mol. The van der Waals surface area contributed by atoms with Crippen molar-refractivity contribution < 1.29 is 9.90 Å². The second-order valence-corrected chi connectivity index (χ2v) is 5.43. The van der Waals surface area contributed by atoms with Crippen LogP contribution in [0.1, 0.15) is 31.0 Å². The van der Waals surface area contributed by atoms with Gasteiger partial charge in [0.05, 0.1) is 5.54 Å². The van der Waals surface area contributed by atoms with Crippen LogP contribution in [0.5, 0.6) is 0 Å². The first-order chi connectivity index (χ1) is 9.10. The standard InChI is InChI=1S/C15H18N2O2/c1-15(8-6-13(18)19)14-11(7-9-16-15)10-4-2-3-5-12(10)17-14/h2-5,16-17H,6-9H2,1H3,(H,18,19). The third-order valence-corrected chi connectivity index (χ3v) is 4.09. The van der Waals surface area contributed by atoms with Gasteiger partial charge in [-0.1, -0.05) is 18.2 Å². The van der Waals surface area contributed by atoms with E-state index in [1.54, 1.807) is 0 Å². The van der Waals surface area contributed by atoms with Crippen LogP contribution in [0.25, 0.3) is 10.9 Å². The zero-order chi connectivity index (χ0) is 13.5. The molecule has 1 aliphatic heterocycles. The highest BCUT2D eigenvalue weighted by Gasteiger charge is 2.34. The summed E-state index contributed by atoms with van der Waals surface area (Å²) in [6, 6.07) is 8.28. The van der Waals surface area contributed by atoms with E-state index in [2.05, 4.69) is 29.4 Å². The van der Waals surface area contributed by atoms with Crippen molar-refractivity contribution in [3.63, 3.8) is 0 Å². The number of carboxylic acid groups (broad SMARTS) is 1. The van der Waals surface area contributed by atoms with Crippen LogP contribution in [0.4, 0.5) is 0 Å². The lowest BCUT2D eigenvalue weighted by molar-refractivity contribution is -0.137. The zero-order valence-electron chi connectivity index (χ0n) is 11.0. The van der Waals surface area contributed by atoms with Gasteiger partial charge in [0.1, 0.15) is 0 Å². The fourth-order valence-electron chi connectivity index (χ4n) is 3.05. The molecule has 1 unspecified atom stereocenters. The molecular formula is C15H18N2O2. The molecule has 4 heteroatoms. The Morgan fingerprint density at radius 3 is 3.00 bits per heavy atom. The molecule has 0 radical (unpaired) electrons. The molecule has 0 amide bonds. The average molecular weight is 258 g/mol. The minimum absolute atomic E-state index is 0.179. The number of carboxylic acids is 1. The minimum atomic E-state index is -0.744. The van der Waals surface area contributed by atoms with E-state index in [-0.39, 0.29) is 12.0 Å². The number of aliphatic carboxylic acids is 1. The number of rotatable bonds is 3. The van der Waals surface area contributed by atoms with Crippen molar-refractivity contribution in [2.24, 2.45) is 0 Å². The molecule has 1 atom stereocenters. The average Bonchev–Trinajstić information content (AvgIpc) is 2.78. The van der Waals surface area contributed by atoms with Crippen molar-refractivity contribution in [1.82, 2.24) is 10.3 Å². The largest absolute Gasteiger partial charge is 0.481 e. The fourth-order valence-corrected chi connectivity index (χ4v) is 3.05. The maximum absolute atomic E-state index is 10.8. The predicted octanol–water partition coefficient (Wildman–Crippen LogP) is 2.39. The van der Waals surface area contributed by atoms with E-state index >= 15 is 0 Å². The van der Waals surface area contributed by atoms with E-state index in [0.717, 1.165) is 24.2 Å². The molecule has 0 aliphatic carbocycles. The number of aromatic nitrogens is 1. The van der Waals surface area contributed by atoms with E-state index in [9.17, 15) is 4.79 Å². The van der Waals surface area contributed by atoms with Crippen molar-refractivity contribution >= 4 is 16.9 Å². The predicted molar refractivity (Wildman–Crippen MR) is 74.2 cm³/mol. The van der Waals surface area contributed by atoms with Gasteiger partial charge in [-0.15, -0.1) is 0 Å². The normalized spacial score (nSPS) is 22.4. The molecule has 2 aromatic rings. The summed E-state index contributed by atoms with van der Waals surface area (Å²) < 4.78 is 0. The highest BCUT2D eigenvalue weighted by atomic mass is 16.4. The van der Waals surface area contributed by atoms with E-state index < -0.39 is 5.97 Å². The molecule has 100 valence electrons. The number of nitrogens with one attached hydrogen (secondary N) is 2. The van der Waals surface area contributed by atoms with E-state index in [4.69, 9.17) is 5.11 Å². The van der Waals surface area contributed by atoms with Gasteiger partial charge in [-0.25, -0.2) is 0 Å². The van der Waals surface area contributed by atoms with Crippen LogP contribution in [0, 0.1) is 0 Å². The SMILES string of the molecule is CC1(CCC(=O)O)NCCc2c1[nH]c1ccccc21. The Labute approximate surface area is 111 Å². The van der Waals surface area contributed by atoms with Gasteiger partial charge < -0.3 is 15.4 Å². The summed E-state index contributed by atoms with van der Waals surface area (Å²) >= 11 is 0. The maximum atomic E-state index is 10.8. The third-order valence-electron chi connectivity index (χ3n) is 4.09. The molecule has 1 aliphatic rings. The molecule has 2 heterocycles. The first-order valence-corrected chi connectivity index (χ1v) is 6.67. The lowest BCUT2D eigenvalue weighted by Gasteiger charge is -2.35. The second kappa shape index (κ2) is 4.38. The van der Waals surface area contributed by atoms with E-state index in [1.807, 2.05) is 12.1 Å². The van der Waals surface area contributed by atoms with Crippen LogP contribution in [0.2, 0.25) is 0 Å². The summed E-state index contributed by atoms with van der Waals surface area (Å²) in [5, 5.41) is 13.6. The fraction of sp³-hybridized carbons (Fsp3) is 0.400. The lowest BCUT2D eigenvalue weighted by Crippen LogP contribution is -2.45. The molecule has 1 aromatic heterocycles. The molecule has 0 fully saturated rings. The van der Waals surface area contributed by atoms with Crippen LogP contribution in [0.15, 0.2) is 24.3 Å². The summed E-state index contributed by atoms with van der Waals surface area (Å²) in [6.07, 6.45) is 1.77. The minimum Gasteiger partial charge on any atom is -0.481 e. The van der Waals surface area contributed by atoms with Crippen LogP contribution < -0.4 is 5.32 Å². The van der Waals surface area contributed by atoms with Crippen molar-refractivity contribution in [2.45, 2.75) is 31.7 Å². The van der Waals surface area contributed by atoms with Gasteiger partial charge in [0.25, 0.3) is 0 Å². The number of hydrogen-bond acceptors (Lipinski definition) is 2. The lowest BCUT2D eigenvalue weighted by atomic mass is 9.85. The second-order valence-electron chi connectivity index (χ2n) is 5.43. The van der Waals surface area contributed by atoms with Crippen LogP contribution >= 0.6 is 0 Å². The summed E-state index contributed by atoms with van der Waals surface area (Å²) in [7, 11) is 0. The maximum Gasteiger partial charge on any atom is 0.303 e. The third kappa shape index (κ3) is 2.02. The van der Waals surface area contributed by atoms with E-state index in [0.29, 0.717) is 6.42 Å². The Kier molecular flexibility index (Phi) is 2.82. The Bertz CT molecular complexity index is 632. The van der Waals surface area contributed by atoms with Gasteiger partial charge in [-0.2, -0.15) is 0 Å². The molecule has 0 bridgehead atoms. The quantitative estimate of drug-likeness (QED) is 0.792. The van der Waals surface area contributed by atoms with E-state index in [1.165, 1.54) is 10.9 Å². The highest BCUT2D eigenvalue weighted by molar-refractivity contribution is 5.85. The first-order valence-electron chi connectivity index (χ1n) is 6.67. The highest BCUT2D eigenvalue weighted by Crippen LogP contribution is 2.36. The molecule has 1 aromatic carbocycles. The number of fused-ring (bicyclic) bond motifs is 3. The van der Waals surface area contributed by atoms with Gasteiger partial charge in [-0.05, 0) is 31.4 Å². The molecule has 4 nitrogen and oxygen atoms in total. The van der Waals surface area contributed by atoms with Crippen LogP contribution in [-0.2, 0) is 16.8 Å². The number of benzene rings is 1. The number of H-pyrrole nitrogens is 1. The molecular weight excluding hydrogens is 240 g/mol. The summed E-state index contributed by atoms with van der Waals surface area (Å²) in [6.45, 7) is 2.98. The summed E-state index contributed by atoms with van der Waals surface area (Å²) in [5.74, 6) is -0.744. The number of para-hydroxylation sites is 1. The molecule has 3 rings (SSSR count). The smallest absolute Gasteiger partial charge is 0.303 e. The van der Waals surface area contributed by atoms with Crippen molar-refractivity contribution in [3.05, 3.63) is 35.5 Å². The molecule has 0 spiro atoms. The summed E-state index contributed by atoms with van der Waals surface area (Å²) in [4.78, 5) is 14.3. The van der Waals surface area contributed by atoms with Crippen molar-refractivity contribution in [1.29, 1.82) is 0 Å². The molecule has 0 saturated carbocycles. The van der Waals surface area contributed by atoms with Gasteiger partial charge in [0.15, 0.2) is 0 Å². The molecule has 3 N–H and O–H groups in total. The number of carbonyl (C=O) groups is 1. The van der Waals surface area contributed by atoms with Gasteiger partial charge >= 0.3 is 5.97 Å². The van der Waals surface area contributed by atoms with Crippen molar-refractivity contribution in [3.8, 4) is 0 Å². The van der Waals surface area contributed by atoms with Gasteiger partial charge in [-0.3, -0.25) is 4.79 Å². The first kappa shape index (κ1) is 12.2. The Balaban J connectivity index is 2.06. The van der Waals surface area contributed by atoms with Gasteiger partial charge in [0.2, 0.25) is 0 Å². The number of hydrogen-bond donors (Lipinski definition) is 3. The zero-order valence-corrected chi connectivity index (χ0v) is 11.0. The number of aromatic amines is 1. The van der Waals surface area contributed by atoms with Crippen molar-refractivity contribution in [2.75, 3.05) is 6.54 Å². The Morgan fingerprint density at radius 2 is 2.21 bits per heavy atom.